The summed E-state index contributed by atoms with van der Waals surface area (Å²) in [6.07, 6.45) is 2.11. The zero-order chi connectivity index (χ0) is 7.68. The summed E-state index contributed by atoms with van der Waals surface area (Å²) in [7, 11) is 0. The third-order valence-electron chi connectivity index (χ3n) is 1.81. The van der Waals surface area contributed by atoms with Gasteiger partial charge in [0, 0.05) is 0 Å². The molecule has 2 heterocycles. The van der Waals surface area contributed by atoms with E-state index in [-0.39, 0.29) is 18.4 Å². The largest absolute Gasteiger partial charge is 0.434 e. The molecular weight excluding hydrogens is 182 g/mol. The van der Waals surface area contributed by atoms with Crippen molar-refractivity contribution >= 4 is 12.4 Å². The summed E-state index contributed by atoms with van der Waals surface area (Å²) in [5, 5.41) is 9.14. The summed E-state index contributed by atoms with van der Waals surface area (Å²) in [6.45, 7) is 0.973. The van der Waals surface area contributed by atoms with Gasteiger partial charge in [-0.3, -0.25) is 0 Å². The number of H-pyrrole nitrogens is 1. The molecule has 6 heteroatoms. The van der Waals surface area contributed by atoms with Gasteiger partial charge in [-0.25, -0.2) is 9.89 Å². The lowest BCUT2D eigenvalue weighted by atomic mass is 10.2. The second-order valence-electron chi connectivity index (χ2n) is 2.60. The Morgan fingerprint density at radius 1 is 1.58 bits per heavy atom. The van der Waals surface area contributed by atoms with Crippen molar-refractivity contribution in [2.45, 2.75) is 18.9 Å². The van der Waals surface area contributed by atoms with Gasteiger partial charge in [0.2, 0.25) is 5.89 Å². The molecule has 2 N–H and O–H groups in total. The van der Waals surface area contributed by atoms with Crippen molar-refractivity contribution in [3.05, 3.63) is 16.4 Å². The lowest BCUT2D eigenvalue weighted by Gasteiger charge is -2.00. The van der Waals surface area contributed by atoms with Crippen LogP contribution < -0.4 is 11.1 Å². The van der Waals surface area contributed by atoms with E-state index in [0.717, 1.165) is 19.4 Å². The fourth-order valence-corrected chi connectivity index (χ4v) is 1.29. The number of halogens is 1. The molecule has 2 rings (SSSR count). The van der Waals surface area contributed by atoms with Crippen LogP contribution in [0.4, 0.5) is 0 Å². The smallest absolute Gasteiger partial charge is 0.391 e. The monoisotopic (exact) mass is 191 g/mol. The molecule has 68 valence electrons. The number of hydrogen-bond donors (Lipinski definition) is 2. The van der Waals surface area contributed by atoms with Crippen molar-refractivity contribution in [2.75, 3.05) is 6.54 Å². The Balaban J connectivity index is 0.000000720. The number of nitrogens with zero attached hydrogens (tertiary/aromatic N) is 1. The summed E-state index contributed by atoms with van der Waals surface area (Å²) in [5.41, 5.74) is 0. The van der Waals surface area contributed by atoms with Crippen molar-refractivity contribution in [1.29, 1.82) is 0 Å². The van der Waals surface area contributed by atoms with Gasteiger partial charge in [0.1, 0.15) is 0 Å². The summed E-state index contributed by atoms with van der Waals surface area (Å²) < 4.78 is 4.78. The first-order valence-corrected chi connectivity index (χ1v) is 3.65. The molecule has 1 atom stereocenters. The average Bonchev–Trinajstić information content (AvgIpc) is 2.55. The van der Waals surface area contributed by atoms with Crippen molar-refractivity contribution in [3.63, 3.8) is 0 Å². The Labute approximate surface area is 75.0 Å². The normalized spacial score (nSPS) is 22.2. The predicted octanol–water partition coefficient (Wildman–Crippen LogP) is 0.209. The van der Waals surface area contributed by atoms with Crippen LogP contribution in [0.1, 0.15) is 24.8 Å². The molecular formula is C6H10ClN3O2. The van der Waals surface area contributed by atoms with Crippen LogP contribution in [0, 0.1) is 0 Å². The highest BCUT2D eigenvalue weighted by Gasteiger charge is 2.20. The molecule has 1 fully saturated rings. The highest BCUT2D eigenvalue weighted by Crippen LogP contribution is 2.19. The molecule has 1 aliphatic rings. The van der Waals surface area contributed by atoms with Crippen molar-refractivity contribution < 1.29 is 4.42 Å². The Morgan fingerprint density at radius 2 is 2.42 bits per heavy atom. The molecule has 1 unspecified atom stereocenters. The van der Waals surface area contributed by atoms with E-state index >= 15 is 0 Å². The molecule has 0 aliphatic carbocycles. The van der Waals surface area contributed by atoms with E-state index in [0.29, 0.717) is 5.89 Å². The molecule has 1 aromatic heterocycles. The van der Waals surface area contributed by atoms with Crippen LogP contribution in [0.5, 0.6) is 0 Å². The lowest BCUT2D eigenvalue weighted by Crippen LogP contribution is -2.13. The van der Waals surface area contributed by atoms with Crippen molar-refractivity contribution in [3.8, 4) is 0 Å². The van der Waals surface area contributed by atoms with E-state index in [9.17, 15) is 4.79 Å². The fourth-order valence-electron chi connectivity index (χ4n) is 1.29. The number of hydrogen-bond acceptors (Lipinski definition) is 4. The highest BCUT2D eigenvalue weighted by atomic mass is 35.5. The van der Waals surface area contributed by atoms with Gasteiger partial charge in [0.15, 0.2) is 0 Å². The minimum atomic E-state index is -0.478. The van der Waals surface area contributed by atoms with Crippen LogP contribution in [-0.2, 0) is 0 Å². The van der Waals surface area contributed by atoms with Crippen molar-refractivity contribution in [2.24, 2.45) is 0 Å². The van der Waals surface area contributed by atoms with Crippen LogP contribution in [-0.4, -0.2) is 16.7 Å². The van der Waals surface area contributed by atoms with E-state index < -0.39 is 5.76 Å². The number of aromatic amines is 1. The van der Waals surface area contributed by atoms with E-state index in [1.54, 1.807) is 0 Å². The van der Waals surface area contributed by atoms with Crippen LogP contribution in [0.25, 0.3) is 0 Å². The molecule has 0 bridgehead atoms. The van der Waals surface area contributed by atoms with Crippen LogP contribution in [0.15, 0.2) is 9.21 Å². The van der Waals surface area contributed by atoms with Crippen LogP contribution >= 0.6 is 12.4 Å². The molecule has 0 spiro atoms. The number of rotatable bonds is 1. The number of nitrogens with one attached hydrogen (secondary N) is 2. The highest BCUT2D eigenvalue weighted by molar-refractivity contribution is 5.85. The molecule has 5 nitrogen and oxygen atoms in total. The third-order valence-corrected chi connectivity index (χ3v) is 1.81. The van der Waals surface area contributed by atoms with E-state index in [2.05, 4.69) is 15.5 Å². The Bertz CT molecular complexity index is 289. The average molecular weight is 192 g/mol. The fraction of sp³-hybridized carbons (Fsp3) is 0.667. The summed E-state index contributed by atoms with van der Waals surface area (Å²) >= 11 is 0. The van der Waals surface area contributed by atoms with E-state index in [4.69, 9.17) is 4.42 Å². The molecule has 1 aromatic rings. The maximum Gasteiger partial charge on any atom is 0.434 e. The lowest BCUT2D eigenvalue weighted by molar-refractivity contribution is 0.409. The molecule has 1 aliphatic heterocycles. The summed E-state index contributed by atoms with van der Waals surface area (Å²) in [4.78, 5) is 10.5. The second kappa shape index (κ2) is 3.73. The molecule has 1 saturated heterocycles. The maximum absolute atomic E-state index is 10.5. The van der Waals surface area contributed by atoms with E-state index in [1.807, 2.05) is 0 Å². The molecule has 0 amide bonds. The van der Waals surface area contributed by atoms with Gasteiger partial charge < -0.3 is 9.73 Å². The van der Waals surface area contributed by atoms with Gasteiger partial charge >= 0.3 is 5.76 Å². The van der Waals surface area contributed by atoms with Crippen molar-refractivity contribution in [1.82, 2.24) is 15.5 Å². The van der Waals surface area contributed by atoms with Gasteiger partial charge in [0.05, 0.1) is 6.04 Å². The first-order chi connectivity index (χ1) is 5.36. The summed E-state index contributed by atoms with van der Waals surface area (Å²) in [5.74, 6) is 0.00111. The predicted molar refractivity (Wildman–Crippen MR) is 44.3 cm³/mol. The molecule has 0 aromatic carbocycles. The van der Waals surface area contributed by atoms with Gasteiger partial charge in [-0.05, 0) is 19.4 Å². The first-order valence-electron chi connectivity index (χ1n) is 3.65. The first kappa shape index (κ1) is 9.28. The Morgan fingerprint density at radius 3 is 2.92 bits per heavy atom. The van der Waals surface area contributed by atoms with E-state index in [1.165, 1.54) is 0 Å². The van der Waals surface area contributed by atoms with Gasteiger partial charge in [-0.15, -0.1) is 17.5 Å². The summed E-state index contributed by atoms with van der Waals surface area (Å²) in [6, 6.07) is 0.133. The zero-order valence-corrected chi connectivity index (χ0v) is 7.19. The SMILES string of the molecule is Cl.O=c1[nH]nc(C2CCCN2)o1. The minimum Gasteiger partial charge on any atom is -0.391 e. The number of aromatic nitrogens is 2. The quantitative estimate of drug-likeness (QED) is 0.666. The van der Waals surface area contributed by atoms with Gasteiger partial charge in [-0.2, -0.15) is 0 Å². The topological polar surface area (TPSA) is 70.9 Å². The Kier molecular flexibility index (Phi) is 2.88. The molecule has 0 radical (unpaired) electrons. The standard InChI is InChI=1S/C6H9N3O2.ClH/c10-6-9-8-5(11-6)4-2-1-3-7-4;/h4,7H,1-3H2,(H,9,10);1H. The minimum absolute atomic E-state index is 0. The van der Waals surface area contributed by atoms with Crippen LogP contribution in [0.3, 0.4) is 0 Å². The van der Waals surface area contributed by atoms with Gasteiger partial charge in [0.25, 0.3) is 0 Å². The Hall–Kier alpha value is -0.810. The maximum atomic E-state index is 10.5. The third kappa shape index (κ3) is 1.67. The molecule has 12 heavy (non-hydrogen) atoms. The zero-order valence-electron chi connectivity index (χ0n) is 6.37. The molecule has 0 saturated carbocycles. The van der Waals surface area contributed by atoms with Gasteiger partial charge in [-0.1, -0.05) is 0 Å². The second-order valence-corrected chi connectivity index (χ2v) is 2.60. The van der Waals surface area contributed by atoms with Crippen LogP contribution in [0.2, 0.25) is 0 Å².